The third kappa shape index (κ3) is 2.10. The number of carbonyl (C=O) groups excluding carboxylic acids is 1. The Balaban J connectivity index is 2.34. The fourth-order valence-corrected chi connectivity index (χ4v) is 2.34. The van der Waals surface area contributed by atoms with Crippen LogP contribution in [0.2, 0.25) is 0 Å². The first-order valence-electron chi connectivity index (χ1n) is 6.44. The molecule has 2 nitrogen and oxygen atoms in total. The van der Waals surface area contributed by atoms with Crippen LogP contribution in [0.25, 0.3) is 21.5 Å². The molecule has 0 bridgehead atoms. The molecule has 0 aliphatic rings. The highest BCUT2D eigenvalue weighted by molar-refractivity contribution is 6.10. The molecule has 0 spiro atoms. The molecule has 0 heterocycles. The van der Waals surface area contributed by atoms with Crippen molar-refractivity contribution in [2.45, 2.75) is 0 Å². The molecule has 0 fully saturated rings. The van der Waals surface area contributed by atoms with Crippen molar-refractivity contribution in [1.29, 1.82) is 0 Å². The summed E-state index contributed by atoms with van der Waals surface area (Å²) in [6.45, 7) is 0. The zero-order valence-corrected chi connectivity index (χ0v) is 11.1. The van der Waals surface area contributed by atoms with E-state index in [1.54, 1.807) is 7.05 Å². The van der Waals surface area contributed by atoms with Crippen LogP contribution in [0, 0.1) is 11.8 Å². The van der Waals surface area contributed by atoms with E-state index in [-0.39, 0.29) is 5.91 Å². The van der Waals surface area contributed by atoms with Gasteiger partial charge in [0.1, 0.15) is 0 Å². The first-order valence-corrected chi connectivity index (χ1v) is 6.44. The summed E-state index contributed by atoms with van der Waals surface area (Å²) in [5, 5.41) is 7.07. The number of hydrogen-bond acceptors (Lipinski definition) is 1. The Kier molecular flexibility index (Phi) is 3.10. The molecule has 0 saturated carbocycles. The minimum Gasteiger partial charge on any atom is -0.348 e. The smallest absolute Gasteiger partial charge is 0.295 e. The van der Waals surface area contributed by atoms with E-state index in [0.29, 0.717) is 0 Å². The molecule has 0 aliphatic carbocycles. The Labute approximate surface area is 117 Å². The lowest BCUT2D eigenvalue weighted by Gasteiger charge is -2.06. The quantitative estimate of drug-likeness (QED) is 0.488. The van der Waals surface area contributed by atoms with E-state index in [1.165, 1.54) is 5.39 Å². The molecule has 0 atom stereocenters. The normalized spacial score (nSPS) is 10.1. The van der Waals surface area contributed by atoms with Gasteiger partial charge in [-0.3, -0.25) is 4.79 Å². The molecule has 3 aromatic carbocycles. The number of rotatable bonds is 0. The van der Waals surface area contributed by atoms with Crippen LogP contribution in [-0.2, 0) is 4.79 Å². The maximum absolute atomic E-state index is 11.3. The lowest BCUT2D eigenvalue weighted by molar-refractivity contribution is -0.115. The van der Waals surface area contributed by atoms with Crippen molar-refractivity contribution in [2.75, 3.05) is 7.05 Å². The molecule has 0 aromatic heterocycles. The SMILES string of the molecule is CNC(=O)C#Cc1cc2ccccc2c2ccccc12. The fourth-order valence-electron chi connectivity index (χ4n) is 2.34. The maximum atomic E-state index is 11.3. The second-order valence-corrected chi connectivity index (χ2v) is 4.52. The molecule has 0 radical (unpaired) electrons. The Morgan fingerprint density at radius 3 is 2.35 bits per heavy atom. The maximum Gasteiger partial charge on any atom is 0.295 e. The second-order valence-electron chi connectivity index (χ2n) is 4.52. The van der Waals surface area contributed by atoms with Crippen LogP contribution in [0.4, 0.5) is 0 Å². The predicted molar refractivity (Wildman–Crippen MR) is 82.4 cm³/mol. The molecule has 2 heteroatoms. The van der Waals surface area contributed by atoms with Crippen molar-refractivity contribution >= 4 is 27.5 Å². The fraction of sp³-hybridized carbons (Fsp3) is 0.0556. The van der Waals surface area contributed by atoms with Gasteiger partial charge >= 0.3 is 0 Å². The highest BCUT2D eigenvalue weighted by Crippen LogP contribution is 2.28. The van der Waals surface area contributed by atoms with Crippen LogP contribution in [0.1, 0.15) is 5.56 Å². The van der Waals surface area contributed by atoms with Crippen molar-refractivity contribution < 1.29 is 4.79 Å². The van der Waals surface area contributed by atoms with Crippen molar-refractivity contribution in [1.82, 2.24) is 5.32 Å². The van der Waals surface area contributed by atoms with E-state index in [0.717, 1.165) is 21.7 Å². The van der Waals surface area contributed by atoms with Gasteiger partial charge in [0.15, 0.2) is 0 Å². The average Bonchev–Trinajstić information content (AvgIpc) is 2.52. The molecule has 0 aliphatic heterocycles. The van der Waals surface area contributed by atoms with E-state index >= 15 is 0 Å². The van der Waals surface area contributed by atoms with Crippen LogP contribution in [0.3, 0.4) is 0 Å². The molecule has 96 valence electrons. The Morgan fingerprint density at radius 2 is 1.60 bits per heavy atom. The van der Waals surface area contributed by atoms with E-state index in [4.69, 9.17) is 0 Å². The summed E-state index contributed by atoms with van der Waals surface area (Å²) < 4.78 is 0. The topological polar surface area (TPSA) is 29.1 Å². The molecule has 1 N–H and O–H groups in total. The first kappa shape index (κ1) is 12.3. The lowest BCUT2D eigenvalue weighted by atomic mass is 9.97. The zero-order valence-electron chi connectivity index (χ0n) is 11.1. The third-order valence-corrected chi connectivity index (χ3v) is 3.31. The highest BCUT2D eigenvalue weighted by atomic mass is 16.1. The largest absolute Gasteiger partial charge is 0.348 e. The van der Waals surface area contributed by atoms with Crippen LogP contribution in [-0.4, -0.2) is 13.0 Å². The Morgan fingerprint density at radius 1 is 0.950 bits per heavy atom. The standard InChI is InChI=1S/C18H13NO/c1-19-18(20)11-10-14-12-13-6-2-3-7-15(13)17-9-5-4-8-16(14)17/h2-9,12H,1H3,(H,19,20). The zero-order chi connectivity index (χ0) is 13.9. The van der Waals surface area contributed by atoms with Gasteiger partial charge in [0.05, 0.1) is 0 Å². The summed E-state index contributed by atoms with van der Waals surface area (Å²) in [7, 11) is 1.58. The van der Waals surface area contributed by atoms with Crippen LogP contribution >= 0.6 is 0 Å². The number of benzene rings is 3. The van der Waals surface area contributed by atoms with Gasteiger partial charge in [-0.15, -0.1) is 0 Å². The van der Waals surface area contributed by atoms with Crippen molar-refractivity contribution in [3.05, 3.63) is 60.2 Å². The molecule has 20 heavy (non-hydrogen) atoms. The number of carbonyl (C=O) groups is 1. The number of amides is 1. The number of fused-ring (bicyclic) bond motifs is 3. The Hall–Kier alpha value is -2.79. The Bertz CT molecular complexity index is 869. The summed E-state index contributed by atoms with van der Waals surface area (Å²) in [5.74, 6) is 5.30. The van der Waals surface area contributed by atoms with Crippen LogP contribution in [0.15, 0.2) is 54.6 Å². The lowest BCUT2D eigenvalue weighted by Crippen LogP contribution is -2.14. The van der Waals surface area contributed by atoms with Gasteiger partial charge < -0.3 is 5.32 Å². The molecule has 3 rings (SSSR count). The van der Waals surface area contributed by atoms with Crippen LogP contribution in [0.5, 0.6) is 0 Å². The van der Waals surface area contributed by atoms with Crippen molar-refractivity contribution in [3.8, 4) is 11.8 Å². The number of nitrogens with one attached hydrogen (secondary N) is 1. The van der Waals surface area contributed by atoms with Gasteiger partial charge in [-0.25, -0.2) is 0 Å². The van der Waals surface area contributed by atoms with Gasteiger partial charge in [0.25, 0.3) is 5.91 Å². The molecule has 0 saturated heterocycles. The minimum absolute atomic E-state index is 0.276. The summed E-state index contributed by atoms with van der Waals surface area (Å²) >= 11 is 0. The van der Waals surface area contributed by atoms with Crippen LogP contribution < -0.4 is 5.32 Å². The molecule has 3 aromatic rings. The summed E-state index contributed by atoms with van der Waals surface area (Å²) in [6.07, 6.45) is 0. The monoisotopic (exact) mass is 259 g/mol. The predicted octanol–water partition coefficient (Wildman–Crippen LogP) is 3.09. The highest BCUT2D eigenvalue weighted by Gasteiger charge is 2.04. The van der Waals surface area contributed by atoms with Gasteiger partial charge in [-0.05, 0) is 27.6 Å². The molecular weight excluding hydrogens is 246 g/mol. The molecular formula is C18H13NO. The van der Waals surface area contributed by atoms with Crippen molar-refractivity contribution in [3.63, 3.8) is 0 Å². The van der Waals surface area contributed by atoms with Gasteiger partial charge in [-0.2, -0.15) is 0 Å². The summed E-state index contributed by atoms with van der Waals surface area (Å²) in [5.41, 5.74) is 0.878. The third-order valence-electron chi connectivity index (χ3n) is 3.31. The summed E-state index contributed by atoms with van der Waals surface area (Å²) in [4.78, 5) is 11.3. The molecule has 1 amide bonds. The van der Waals surface area contributed by atoms with E-state index in [2.05, 4.69) is 35.4 Å². The molecule has 0 unspecified atom stereocenters. The van der Waals surface area contributed by atoms with Gasteiger partial charge in [-0.1, -0.05) is 54.5 Å². The van der Waals surface area contributed by atoms with Gasteiger partial charge in [0, 0.05) is 18.5 Å². The second kappa shape index (κ2) is 5.07. The average molecular weight is 259 g/mol. The minimum atomic E-state index is -0.276. The summed E-state index contributed by atoms with van der Waals surface area (Å²) in [6, 6.07) is 18.4. The first-order chi connectivity index (χ1) is 9.79. The van der Waals surface area contributed by atoms with E-state index in [1.807, 2.05) is 36.4 Å². The van der Waals surface area contributed by atoms with E-state index < -0.39 is 0 Å². The van der Waals surface area contributed by atoms with Crippen molar-refractivity contribution in [2.24, 2.45) is 0 Å². The van der Waals surface area contributed by atoms with Gasteiger partial charge in [0.2, 0.25) is 0 Å². The van der Waals surface area contributed by atoms with E-state index in [9.17, 15) is 4.79 Å². The number of hydrogen-bond donors (Lipinski definition) is 1.